The van der Waals surface area contributed by atoms with E-state index in [1.54, 1.807) is 20.0 Å². The molecule has 0 heterocycles. The molecule has 0 aliphatic carbocycles. The molecule has 0 rings (SSSR count). The first-order valence-corrected chi connectivity index (χ1v) is 3.09. The minimum atomic E-state index is 1.75. The van der Waals surface area contributed by atoms with Crippen molar-refractivity contribution in [3.05, 3.63) is 6.42 Å². The molecule has 0 aromatic rings. The normalized spacial score (nSPS) is 2.25. The first-order valence-electron chi connectivity index (χ1n) is 0.403. The van der Waals surface area contributed by atoms with Crippen molar-refractivity contribution in [2.24, 2.45) is 0 Å². The van der Waals surface area contributed by atoms with Gasteiger partial charge in [-0.1, -0.05) is 0 Å². The van der Waals surface area contributed by atoms with E-state index in [1.807, 2.05) is 0 Å². The van der Waals surface area contributed by atoms with E-state index in [0.29, 0.717) is 0 Å². The summed E-state index contributed by atoms with van der Waals surface area (Å²) in [7, 11) is 4.58. The topological polar surface area (TPSA) is 0 Å². The fourth-order valence-electron chi connectivity index (χ4n) is 0. The summed E-state index contributed by atoms with van der Waals surface area (Å²) in [6.07, 6.45) is 9.00. The molecule has 0 N–H and O–H groups in total. The second kappa shape index (κ2) is 69.1. The van der Waals surface area contributed by atoms with Gasteiger partial charge in [-0.15, -0.1) is 0 Å². The number of hydrogen-bond donors (Lipinski definition) is 0. The molecule has 0 aliphatic rings. The van der Waals surface area contributed by atoms with Crippen LogP contribution in [0.1, 0.15) is 0 Å². The molecule has 0 aliphatic heterocycles. The van der Waals surface area contributed by atoms with Crippen LogP contribution in [-0.2, 0) is 20.0 Å². The fraction of sp³-hybridized carbons (Fsp3) is 0. The quantitative estimate of drug-likeness (QED) is 0.343. The van der Waals surface area contributed by atoms with Gasteiger partial charge in [0.25, 0.3) is 0 Å². The molecule has 0 unspecified atom stereocenters. The summed E-state index contributed by atoms with van der Waals surface area (Å²) in [5.41, 5.74) is 0. The Balaban J connectivity index is 0. The number of rotatable bonds is 0. The molecule has 2 heteroatoms. The van der Waals surface area contributed by atoms with Gasteiger partial charge in [0, 0.05) is 0 Å². The van der Waals surface area contributed by atoms with Crippen LogP contribution in [0.4, 0.5) is 0 Å². The van der Waals surface area contributed by atoms with Crippen molar-refractivity contribution in [2.45, 2.75) is 0 Å². The average molecular weight is 257 g/mol. The molecule has 0 saturated carbocycles. The molecule has 0 saturated heterocycles. The third kappa shape index (κ3) is 18.8. The van der Waals surface area contributed by atoms with Crippen LogP contribution < -0.4 is 0 Å². The third-order valence-electron chi connectivity index (χ3n) is 0. The Labute approximate surface area is 42.3 Å². The van der Waals surface area contributed by atoms with Crippen molar-refractivity contribution in [1.29, 1.82) is 0 Å². The van der Waals surface area contributed by atoms with Gasteiger partial charge in [-0.3, -0.25) is 0 Å². The van der Waals surface area contributed by atoms with Crippen molar-refractivity contribution in [3.63, 3.8) is 0 Å². The summed E-state index contributed by atoms with van der Waals surface area (Å²) in [5, 5.41) is 0. The maximum atomic E-state index is 5.25. The zero-order valence-electron chi connectivity index (χ0n) is 1.76. The van der Waals surface area contributed by atoms with Crippen molar-refractivity contribution < 1.29 is 20.0 Å². The Hall–Kier alpha value is 0.590. The molecule has 0 radical (unpaired) electrons. The van der Waals surface area contributed by atoms with E-state index >= 15 is 0 Å². The Kier molecular flexibility index (Phi) is 152. The van der Waals surface area contributed by atoms with Gasteiger partial charge in [0.15, 0.2) is 0 Å². The van der Waals surface area contributed by atoms with Crippen LogP contribution in [0.15, 0.2) is 0 Å². The molecule has 0 aromatic heterocycles. The van der Waals surface area contributed by atoms with E-state index in [1.165, 1.54) is 0 Å². The first-order chi connectivity index (χ1) is 2.00. The molecule has 0 spiro atoms. The van der Waals surface area contributed by atoms with Crippen LogP contribution in [0, 0.1) is 12.8 Å². The predicted molar refractivity (Wildman–Crippen MR) is 14.0 cm³/mol. The van der Waals surface area contributed by atoms with Gasteiger partial charge in [-0.2, -0.15) is 0 Å². The van der Waals surface area contributed by atoms with Gasteiger partial charge in [0.1, 0.15) is 0 Å². The second-order valence-corrected chi connectivity index (χ2v) is 0. The Bertz CT molecular complexity index is 10.8. The molecule has 0 amide bonds. The van der Waals surface area contributed by atoms with E-state index in [4.69, 9.17) is 6.42 Å². The molecule has 4 heavy (non-hydrogen) atoms. The minimum absolute atomic E-state index is 1.75. The fourth-order valence-corrected chi connectivity index (χ4v) is 0. The molecule has 0 aromatic carbocycles. The van der Waals surface area contributed by atoms with E-state index in [2.05, 4.69) is 15.6 Å². The van der Waals surface area contributed by atoms with E-state index in [0.717, 1.165) is 0 Å². The van der Waals surface area contributed by atoms with E-state index in [9.17, 15) is 0 Å². The van der Waals surface area contributed by atoms with Crippen LogP contribution in [0.25, 0.3) is 0 Å². The predicted octanol–water partition coefficient (Wildman–Crippen LogP) is 0.893. The van der Waals surface area contributed by atoms with Gasteiger partial charge in [0.05, 0.1) is 0 Å². The van der Waals surface area contributed by atoms with Gasteiger partial charge in [-0.25, -0.2) is 0 Å². The SMILES string of the molecule is [C-]#C.[Cl][Au]. The molecule has 0 fully saturated rings. The summed E-state index contributed by atoms with van der Waals surface area (Å²) in [5.74, 6) is 0. The average Bonchev–Trinajstić information content (AvgIpc) is 1.50. The van der Waals surface area contributed by atoms with Crippen LogP contribution in [0.2, 0.25) is 0 Å². The zero-order valence-corrected chi connectivity index (χ0v) is 4.68. The molecule has 0 atom stereocenters. The summed E-state index contributed by atoms with van der Waals surface area (Å²) in [6, 6.07) is 0. The second-order valence-electron chi connectivity index (χ2n) is 0. The summed E-state index contributed by atoms with van der Waals surface area (Å²) >= 11 is 1.75. The van der Waals surface area contributed by atoms with Crippen molar-refractivity contribution >= 4 is 9.19 Å². The Morgan fingerprint density at radius 2 is 1.50 bits per heavy atom. The standard InChI is InChI=1S/C2H.Au.ClH/c1-2;;/h1H;;1H/q-1;+1;/p-1. The van der Waals surface area contributed by atoms with Gasteiger partial charge in [-0.05, 0) is 0 Å². The van der Waals surface area contributed by atoms with E-state index < -0.39 is 0 Å². The van der Waals surface area contributed by atoms with Crippen LogP contribution in [0.5, 0.6) is 0 Å². The van der Waals surface area contributed by atoms with Crippen molar-refractivity contribution in [3.8, 4) is 6.42 Å². The van der Waals surface area contributed by atoms with Crippen LogP contribution in [0.3, 0.4) is 0 Å². The van der Waals surface area contributed by atoms with E-state index in [-0.39, 0.29) is 0 Å². The van der Waals surface area contributed by atoms with Gasteiger partial charge < -0.3 is 12.8 Å². The molecule has 0 nitrogen and oxygen atoms in total. The summed E-state index contributed by atoms with van der Waals surface area (Å²) in [4.78, 5) is 0. The Morgan fingerprint density at radius 3 is 1.50 bits per heavy atom. The van der Waals surface area contributed by atoms with Crippen LogP contribution in [-0.4, -0.2) is 0 Å². The number of terminal acetylenes is 1. The zero-order chi connectivity index (χ0) is 4.00. The Morgan fingerprint density at radius 1 is 1.50 bits per heavy atom. The number of hydrogen-bond acceptors (Lipinski definition) is 0. The monoisotopic (exact) mass is 257 g/mol. The maximum absolute atomic E-state index is 5.25. The van der Waals surface area contributed by atoms with Crippen molar-refractivity contribution in [2.75, 3.05) is 0 Å². The third-order valence-corrected chi connectivity index (χ3v) is 0. The van der Waals surface area contributed by atoms with Crippen molar-refractivity contribution in [1.82, 2.24) is 0 Å². The molecule has 0 bridgehead atoms. The summed E-state index contributed by atoms with van der Waals surface area (Å²) < 4.78 is 0. The van der Waals surface area contributed by atoms with Gasteiger partial charge in [0.2, 0.25) is 0 Å². The first kappa shape index (κ1) is 8.82. The van der Waals surface area contributed by atoms with Gasteiger partial charge >= 0.3 is 29.2 Å². The molecule has 28 valence electrons. The molecular formula is C2HAuCl-. The van der Waals surface area contributed by atoms with Crippen LogP contribution >= 0.6 is 9.19 Å². The molecular weight excluding hydrogens is 256 g/mol. The summed E-state index contributed by atoms with van der Waals surface area (Å²) in [6.45, 7) is 0. The number of halogens is 1.